The predicted octanol–water partition coefficient (Wildman–Crippen LogP) is 5.72. The number of ketones is 1. The molecule has 3 N–H and O–H groups in total. The molecule has 5 rings (SSSR count). The first kappa shape index (κ1) is 26.5. The summed E-state index contributed by atoms with van der Waals surface area (Å²) in [4.78, 5) is 38.0. The zero-order valence-electron chi connectivity index (χ0n) is 23.0. The number of nitrogens with one attached hydrogen (secondary N) is 3. The Bertz CT molecular complexity index is 1310. The minimum atomic E-state index is -0.164. The molecule has 7 heteroatoms. The van der Waals surface area contributed by atoms with Crippen molar-refractivity contribution in [1.29, 1.82) is 0 Å². The molecule has 3 aromatic rings. The molecule has 2 aromatic heterocycles. The third kappa shape index (κ3) is 5.83. The molecule has 38 heavy (non-hydrogen) atoms. The lowest BCUT2D eigenvalue weighted by Gasteiger charge is -2.24. The zero-order valence-corrected chi connectivity index (χ0v) is 23.0. The van der Waals surface area contributed by atoms with E-state index in [9.17, 15) is 9.59 Å². The summed E-state index contributed by atoms with van der Waals surface area (Å²) in [6.07, 6.45) is 9.93. The molecule has 1 saturated heterocycles. The summed E-state index contributed by atoms with van der Waals surface area (Å²) in [5, 5.41) is 7.88. The number of fused-ring (bicyclic) bond motifs is 1. The van der Waals surface area contributed by atoms with Crippen LogP contribution >= 0.6 is 0 Å². The van der Waals surface area contributed by atoms with Crippen LogP contribution in [0.4, 0.5) is 0 Å². The lowest BCUT2D eigenvalue weighted by atomic mass is 9.91. The van der Waals surface area contributed by atoms with Gasteiger partial charge in [0, 0.05) is 35.4 Å². The summed E-state index contributed by atoms with van der Waals surface area (Å²) < 4.78 is 0. The van der Waals surface area contributed by atoms with Crippen LogP contribution in [0.5, 0.6) is 0 Å². The van der Waals surface area contributed by atoms with E-state index in [1.165, 1.54) is 0 Å². The molecule has 2 fully saturated rings. The monoisotopic (exact) mass is 515 g/mol. The van der Waals surface area contributed by atoms with E-state index in [0.717, 1.165) is 97.3 Å². The lowest BCUT2D eigenvalue weighted by Crippen LogP contribution is -2.35. The van der Waals surface area contributed by atoms with Gasteiger partial charge in [0.2, 0.25) is 5.91 Å². The summed E-state index contributed by atoms with van der Waals surface area (Å²) in [6.45, 7) is 8.04. The topological polar surface area (TPSA) is 99.8 Å². The van der Waals surface area contributed by atoms with Gasteiger partial charge in [-0.2, -0.15) is 0 Å². The van der Waals surface area contributed by atoms with Crippen molar-refractivity contribution in [3.8, 4) is 11.3 Å². The van der Waals surface area contributed by atoms with Crippen molar-refractivity contribution in [2.24, 2.45) is 11.3 Å². The van der Waals surface area contributed by atoms with Crippen molar-refractivity contribution in [3.05, 3.63) is 47.5 Å². The SMILES string of the molecule is CCC(=O)CCCCC[C@H](NC(=O)[C@H]1CC12CCNCC2)c1ncc(-c2cc3ccc(C)nc3cc2C)[nH]1. The molecule has 2 atom stereocenters. The number of hydrogen-bond acceptors (Lipinski definition) is 5. The number of pyridine rings is 1. The molecule has 202 valence electrons. The third-order valence-electron chi connectivity index (χ3n) is 8.66. The molecule has 7 nitrogen and oxygen atoms in total. The number of carbonyl (C=O) groups is 2. The molecular weight excluding hydrogens is 474 g/mol. The van der Waals surface area contributed by atoms with E-state index < -0.39 is 0 Å². The third-order valence-corrected chi connectivity index (χ3v) is 8.66. The first-order valence-electron chi connectivity index (χ1n) is 14.3. The Kier molecular flexibility index (Phi) is 7.93. The second-order valence-corrected chi connectivity index (χ2v) is 11.4. The van der Waals surface area contributed by atoms with Crippen molar-refractivity contribution in [3.63, 3.8) is 0 Å². The second-order valence-electron chi connectivity index (χ2n) is 11.4. The van der Waals surface area contributed by atoms with E-state index in [-0.39, 0.29) is 23.3 Å². The van der Waals surface area contributed by atoms with Crippen LogP contribution in [0, 0.1) is 25.2 Å². The highest BCUT2D eigenvalue weighted by atomic mass is 16.2. The van der Waals surface area contributed by atoms with Gasteiger partial charge in [-0.25, -0.2) is 4.98 Å². The fourth-order valence-electron chi connectivity index (χ4n) is 6.09. The maximum Gasteiger partial charge on any atom is 0.224 e. The first-order valence-corrected chi connectivity index (χ1v) is 14.3. The van der Waals surface area contributed by atoms with Crippen LogP contribution in [0.15, 0.2) is 30.5 Å². The number of aromatic nitrogens is 3. The first-order chi connectivity index (χ1) is 18.4. The molecule has 1 amide bonds. The lowest BCUT2D eigenvalue weighted by molar-refractivity contribution is -0.124. The Morgan fingerprint density at radius 3 is 2.74 bits per heavy atom. The maximum absolute atomic E-state index is 13.4. The predicted molar refractivity (Wildman–Crippen MR) is 151 cm³/mol. The largest absolute Gasteiger partial charge is 0.346 e. The van der Waals surface area contributed by atoms with Gasteiger partial charge in [-0.05, 0) is 88.2 Å². The molecule has 3 heterocycles. The zero-order chi connectivity index (χ0) is 26.7. The number of amides is 1. The normalized spacial score (nSPS) is 19.0. The number of Topliss-reactive ketones (excluding diaryl/α,β-unsaturated/α-hetero) is 1. The highest BCUT2D eigenvalue weighted by Gasteiger charge is 2.57. The summed E-state index contributed by atoms with van der Waals surface area (Å²) >= 11 is 0. The smallest absolute Gasteiger partial charge is 0.224 e. The van der Waals surface area contributed by atoms with Crippen molar-refractivity contribution in [2.75, 3.05) is 13.1 Å². The number of rotatable bonds is 11. The van der Waals surface area contributed by atoms with E-state index in [1.54, 1.807) is 0 Å². The summed E-state index contributed by atoms with van der Waals surface area (Å²) in [6, 6.07) is 8.27. The van der Waals surface area contributed by atoms with E-state index in [0.29, 0.717) is 18.6 Å². The molecule has 0 unspecified atom stereocenters. The van der Waals surface area contributed by atoms with Crippen LogP contribution in [0.1, 0.15) is 87.8 Å². The Balaban J connectivity index is 1.32. The Morgan fingerprint density at radius 2 is 1.95 bits per heavy atom. The van der Waals surface area contributed by atoms with E-state index in [4.69, 9.17) is 4.98 Å². The van der Waals surface area contributed by atoms with Gasteiger partial charge < -0.3 is 15.6 Å². The minimum Gasteiger partial charge on any atom is -0.346 e. The van der Waals surface area contributed by atoms with Crippen molar-refractivity contribution >= 4 is 22.6 Å². The number of H-pyrrole nitrogens is 1. The molecule has 0 radical (unpaired) electrons. The van der Waals surface area contributed by atoms with Crippen LogP contribution in [0.2, 0.25) is 0 Å². The average Bonchev–Trinajstić information content (AvgIpc) is 3.37. The minimum absolute atomic E-state index is 0.113. The number of benzene rings is 1. The van der Waals surface area contributed by atoms with Crippen molar-refractivity contribution in [2.45, 2.75) is 84.6 Å². The van der Waals surface area contributed by atoms with Crippen LogP contribution in [-0.4, -0.2) is 39.7 Å². The van der Waals surface area contributed by atoms with Crippen LogP contribution in [-0.2, 0) is 9.59 Å². The highest BCUT2D eigenvalue weighted by Crippen LogP contribution is 2.58. The van der Waals surface area contributed by atoms with Gasteiger partial charge in [-0.15, -0.1) is 0 Å². The van der Waals surface area contributed by atoms with Crippen LogP contribution in [0.25, 0.3) is 22.2 Å². The Labute approximate surface area is 225 Å². The van der Waals surface area contributed by atoms with Gasteiger partial charge in [0.1, 0.15) is 11.6 Å². The van der Waals surface area contributed by atoms with Gasteiger partial charge in [-0.1, -0.05) is 25.8 Å². The second kappa shape index (κ2) is 11.4. The van der Waals surface area contributed by atoms with Crippen molar-refractivity contribution in [1.82, 2.24) is 25.6 Å². The molecule has 1 saturated carbocycles. The van der Waals surface area contributed by atoms with Gasteiger partial charge >= 0.3 is 0 Å². The van der Waals surface area contributed by atoms with Crippen LogP contribution in [0.3, 0.4) is 0 Å². The van der Waals surface area contributed by atoms with E-state index >= 15 is 0 Å². The number of aromatic amines is 1. The van der Waals surface area contributed by atoms with Crippen molar-refractivity contribution < 1.29 is 9.59 Å². The highest BCUT2D eigenvalue weighted by molar-refractivity contribution is 5.86. The quantitative estimate of drug-likeness (QED) is 0.284. The molecule has 2 aliphatic rings. The Morgan fingerprint density at radius 1 is 1.13 bits per heavy atom. The standard InChI is InChI=1S/C31H41N5O2/c1-4-23(37)8-6-5-7-9-26(36-30(38)25-18-31(25)12-14-32-15-13-31)29-33-19-28(35-29)24-17-22-11-10-21(3)34-27(22)16-20(24)2/h10-11,16-17,19,25-26,32H,4-9,12-15,18H2,1-3H3,(H,33,35)(H,36,38)/t25-,26+/m1/s1. The average molecular weight is 516 g/mol. The fourth-order valence-corrected chi connectivity index (χ4v) is 6.09. The molecule has 1 aliphatic heterocycles. The number of nitrogens with zero attached hydrogens (tertiary/aromatic N) is 2. The molecule has 1 aromatic carbocycles. The summed E-state index contributed by atoms with van der Waals surface area (Å²) in [5.41, 5.74) is 5.39. The molecule has 1 spiro atoms. The van der Waals surface area contributed by atoms with E-state index in [1.807, 2.05) is 26.1 Å². The number of carbonyl (C=O) groups excluding carboxylic acids is 2. The number of piperidine rings is 1. The van der Waals surface area contributed by atoms with Gasteiger partial charge in [0.15, 0.2) is 0 Å². The van der Waals surface area contributed by atoms with Gasteiger partial charge in [-0.3, -0.25) is 14.6 Å². The number of imidazole rings is 1. The fraction of sp³-hybridized carbons (Fsp3) is 0.548. The summed E-state index contributed by atoms with van der Waals surface area (Å²) in [7, 11) is 0. The number of unbranched alkanes of at least 4 members (excludes halogenated alkanes) is 2. The molecular formula is C31H41N5O2. The van der Waals surface area contributed by atoms with E-state index in [2.05, 4.69) is 45.7 Å². The van der Waals surface area contributed by atoms with Crippen LogP contribution < -0.4 is 10.6 Å². The number of aryl methyl sites for hydroxylation is 2. The summed E-state index contributed by atoms with van der Waals surface area (Å²) in [5.74, 6) is 1.41. The number of hydrogen-bond donors (Lipinski definition) is 3. The van der Waals surface area contributed by atoms with Gasteiger partial charge in [0.05, 0.1) is 23.4 Å². The Hall–Kier alpha value is -3.06. The molecule has 1 aliphatic carbocycles. The van der Waals surface area contributed by atoms with Gasteiger partial charge in [0.25, 0.3) is 0 Å². The molecule has 0 bridgehead atoms. The maximum atomic E-state index is 13.4.